The number of rotatable bonds is 3. The molecule has 3 amide bonds. The largest absolute Gasteiger partial charge is 0.416 e. The predicted molar refractivity (Wildman–Crippen MR) is 96.9 cm³/mol. The Bertz CT molecular complexity index is 949. The summed E-state index contributed by atoms with van der Waals surface area (Å²) >= 11 is 0. The van der Waals surface area contributed by atoms with Crippen molar-refractivity contribution in [1.82, 2.24) is 0 Å². The number of amides is 3. The number of halogens is 6. The number of alkyl halides is 6. The average Bonchev–Trinajstić information content (AvgIpc) is 2.91. The molecular weight excluding hydrogens is 414 g/mol. The number of benzene rings is 2. The van der Waals surface area contributed by atoms with Crippen molar-refractivity contribution in [3.05, 3.63) is 59.7 Å². The Hall–Kier alpha value is -3.04. The first kappa shape index (κ1) is 21.7. The predicted octanol–water partition coefficient (Wildman–Crippen LogP) is 5.72. The number of nitrogens with zero attached hydrogens (tertiary/aromatic N) is 2. The maximum absolute atomic E-state index is 13.0. The zero-order valence-electron chi connectivity index (χ0n) is 15.8. The molecule has 3 rings (SSSR count). The van der Waals surface area contributed by atoms with Crippen LogP contribution in [0.4, 0.5) is 42.5 Å². The highest BCUT2D eigenvalue weighted by atomic mass is 19.4. The first-order valence-corrected chi connectivity index (χ1v) is 8.84. The minimum absolute atomic E-state index is 0.0574. The molecular formula is C20H16F6N2O2. The summed E-state index contributed by atoms with van der Waals surface area (Å²) in [6, 6.07) is 5.41. The maximum atomic E-state index is 13.0. The van der Waals surface area contributed by atoms with E-state index < -0.39 is 47.4 Å². The average molecular weight is 430 g/mol. The van der Waals surface area contributed by atoms with Crippen LogP contribution in [0.2, 0.25) is 0 Å². The van der Waals surface area contributed by atoms with E-state index >= 15 is 0 Å². The van der Waals surface area contributed by atoms with Crippen LogP contribution in [0.3, 0.4) is 0 Å². The Labute approximate surface area is 167 Å². The first-order chi connectivity index (χ1) is 13.8. The lowest BCUT2D eigenvalue weighted by atomic mass is 10.0. The Morgan fingerprint density at radius 3 is 1.50 bits per heavy atom. The van der Waals surface area contributed by atoms with E-state index in [0.29, 0.717) is 0 Å². The second kappa shape index (κ2) is 7.33. The van der Waals surface area contributed by atoms with Gasteiger partial charge in [0.05, 0.1) is 16.8 Å². The van der Waals surface area contributed by atoms with Gasteiger partial charge in [0.25, 0.3) is 5.91 Å². The number of hydrogen-bond donors (Lipinski definition) is 0. The maximum Gasteiger partial charge on any atom is 0.416 e. The van der Waals surface area contributed by atoms with Crippen LogP contribution < -0.4 is 9.80 Å². The van der Waals surface area contributed by atoms with Crippen LogP contribution in [0.25, 0.3) is 0 Å². The highest BCUT2D eigenvalue weighted by Gasteiger charge is 2.48. The normalized spacial score (nSPS) is 18.0. The summed E-state index contributed by atoms with van der Waals surface area (Å²) in [6.07, 6.45) is -9.14. The van der Waals surface area contributed by atoms with Crippen molar-refractivity contribution >= 4 is 23.3 Å². The van der Waals surface area contributed by atoms with Gasteiger partial charge in [0.2, 0.25) is 0 Å². The van der Waals surface area contributed by atoms with Gasteiger partial charge in [-0.1, -0.05) is 13.8 Å². The van der Waals surface area contributed by atoms with Crippen LogP contribution in [-0.2, 0) is 17.1 Å². The molecule has 1 fully saturated rings. The zero-order valence-corrected chi connectivity index (χ0v) is 15.8. The molecule has 30 heavy (non-hydrogen) atoms. The van der Waals surface area contributed by atoms with Gasteiger partial charge in [0, 0.05) is 5.69 Å². The zero-order chi connectivity index (χ0) is 22.4. The number of anilines is 2. The smallest absolute Gasteiger partial charge is 0.281 e. The van der Waals surface area contributed by atoms with Gasteiger partial charge >= 0.3 is 18.4 Å². The topological polar surface area (TPSA) is 40.6 Å². The lowest BCUT2D eigenvalue weighted by molar-refractivity contribution is -0.138. The lowest BCUT2D eigenvalue weighted by Crippen LogP contribution is -2.39. The third-order valence-corrected chi connectivity index (χ3v) is 4.71. The van der Waals surface area contributed by atoms with Crippen molar-refractivity contribution in [2.24, 2.45) is 5.92 Å². The molecule has 0 N–H and O–H groups in total. The highest BCUT2D eigenvalue weighted by Crippen LogP contribution is 2.36. The number of imide groups is 1. The van der Waals surface area contributed by atoms with E-state index in [0.717, 1.165) is 58.3 Å². The van der Waals surface area contributed by atoms with Gasteiger partial charge in [-0.2, -0.15) is 26.3 Å². The number of carbonyl (C=O) groups excluding carboxylic acids is 2. The van der Waals surface area contributed by atoms with E-state index in [9.17, 15) is 35.9 Å². The molecule has 0 aromatic heterocycles. The molecule has 1 aliphatic heterocycles. The van der Waals surface area contributed by atoms with E-state index in [2.05, 4.69) is 0 Å². The van der Waals surface area contributed by atoms with Crippen LogP contribution in [0.15, 0.2) is 48.5 Å². The SMILES string of the molecule is CC(C)C1C(=O)N(c2ccc(C(F)(F)F)cc2)C(=O)N1c1ccc(C(F)(F)F)cc1. The summed E-state index contributed by atoms with van der Waals surface area (Å²) in [4.78, 5) is 27.7. The first-order valence-electron chi connectivity index (χ1n) is 8.84. The molecule has 4 nitrogen and oxygen atoms in total. The van der Waals surface area contributed by atoms with Crippen molar-refractivity contribution in [3.8, 4) is 0 Å². The fourth-order valence-corrected chi connectivity index (χ4v) is 3.27. The molecule has 1 saturated heterocycles. The van der Waals surface area contributed by atoms with E-state index in [1.54, 1.807) is 13.8 Å². The molecule has 1 unspecified atom stereocenters. The van der Waals surface area contributed by atoms with Gasteiger partial charge in [-0.25, -0.2) is 9.69 Å². The second-order valence-electron chi connectivity index (χ2n) is 7.10. The van der Waals surface area contributed by atoms with Gasteiger partial charge in [0.15, 0.2) is 0 Å². The van der Waals surface area contributed by atoms with Crippen molar-refractivity contribution in [1.29, 1.82) is 0 Å². The number of hydrogen-bond acceptors (Lipinski definition) is 2. The molecule has 0 bridgehead atoms. The van der Waals surface area contributed by atoms with Gasteiger partial charge in [-0.05, 0) is 54.4 Å². The minimum atomic E-state index is -4.58. The van der Waals surface area contributed by atoms with E-state index in [1.165, 1.54) is 0 Å². The van der Waals surface area contributed by atoms with Crippen molar-refractivity contribution in [3.63, 3.8) is 0 Å². The van der Waals surface area contributed by atoms with Crippen molar-refractivity contribution in [2.75, 3.05) is 9.80 Å². The Balaban J connectivity index is 1.99. The second-order valence-corrected chi connectivity index (χ2v) is 7.10. The quantitative estimate of drug-likeness (QED) is 0.462. The van der Waals surface area contributed by atoms with E-state index in [-0.39, 0.29) is 11.4 Å². The van der Waals surface area contributed by atoms with Gasteiger partial charge < -0.3 is 0 Å². The Morgan fingerprint density at radius 1 is 0.733 bits per heavy atom. The summed E-state index contributed by atoms with van der Waals surface area (Å²) in [6.45, 7) is 3.31. The Morgan fingerprint density at radius 2 is 1.13 bits per heavy atom. The third kappa shape index (κ3) is 3.86. The van der Waals surface area contributed by atoms with Crippen LogP contribution >= 0.6 is 0 Å². The van der Waals surface area contributed by atoms with Crippen molar-refractivity contribution < 1.29 is 35.9 Å². The molecule has 1 atom stereocenters. The molecule has 1 aliphatic rings. The molecule has 0 aliphatic carbocycles. The molecule has 0 saturated carbocycles. The summed E-state index contributed by atoms with van der Waals surface area (Å²) in [7, 11) is 0. The molecule has 0 radical (unpaired) electrons. The third-order valence-electron chi connectivity index (χ3n) is 4.71. The molecule has 2 aromatic carbocycles. The Kier molecular flexibility index (Phi) is 5.30. The summed E-state index contributed by atoms with van der Waals surface area (Å²) in [5.74, 6) is -1.07. The minimum Gasteiger partial charge on any atom is -0.281 e. The molecule has 160 valence electrons. The highest BCUT2D eigenvalue weighted by molar-refractivity contribution is 6.28. The van der Waals surface area contributed by atoms with Crippen LogP contribution in [0.5, 0.6) is 0 Å². The number of carbonyl (C=O) groups is 2. The molecule has 10 heteroatoms. The van der Waals surface area contributed by atoms with Crippen molar-refractivity contribution in [2.45, 2.75) is 32.2 Å². The van der Waals surface area contributed by atoms with Gasteiger partial charge in [-0.3, -0.25) is 9.69 Å². The van der Waals surface area contributed by atoms with Crippen LogP contribution in [0.1, 0.15) is 25.0 Å². The van der Waals surface area contributed by atoms with Crippen LogP contribution in [-0.4, -0.2) is 18.0 Å². The fourth-order valence-electron chi connectivity index (χ4n) is 3.27. The molecule has 1 heterocycles. The molecule has 0 spiro atoms. The van der Waals surface area contributed by atoms with E-state index in [4.69, 9.17) is 0 Å². The van der Waals surface area contributed by atoms with Gasteiger partial charge in [-0.15, -0.1) is 0 Å². The standard InChI is InChI=1S/C20H16F6N2O2/c1-11(2)16-17(29)28(15-9-5-13(6-10-15)20(24,25)26)18(30)27(16)14-7-3-12(4-8-14)19(21,22)23/h3-11,16H,1-2H3. The monoisotopic (exact) mass is 430 g/mol. The fraction of sp³-hybridized carbons (Fsp3) is 0.300. The number of urea groups is 1. The van der Waals surface area contributed by atoms with E-state index in [1.807, 2.05) is 0 Å². The van der Waals surface area contributed by atoms with Crippen LogP contribution in [0, 0.1) is 5.92 Å². The summed E-state index contributed by atoms with van der Waals surface area (Å²) in [5, 5.41) is 0. The lowest BCUT2D eigenvalue weighted by Gasteiger charge is -2.24. The molecule has 2 aromatic rings. The summed E-state index contributed by atoms with van der Waals surface area (Å²) < 4.78 is 76.8. The van der Waals surface area contributed by atoms with Gasteiger partial charge in [0.1, 0.15) is 6.04 Å². The summed E-state index contributed by atoms with van der Waals surface area (Å²) in [5.41, 5.74) is -1.83.